The molecule has 0 amide bonds. The van der Waals surface area contributed by atoms with Crippen molar-refractivity contribution in [3.8, 4) is 5.75 Å². The molecule has 1 N–H and O–H groups in total. The standard InChI is InChI=1S/C22H22ClN3O/c1-27-21-15-17-7-3-2-6-16(17)14-18(21)22(26-12-10-24-11-13-26)25-20-9-5-4-8-19(20)23/h2-9,14-15,24H,10-13H2,1H3. The van der Waals surface area contributed by atoms with Crippen molar-refractivity contribution in [2.75, 3.05) is 33.3 Å². The van der Waals surface area contributed by atoms with E-state index >= 15 is 0 Å². The van der Waals surface area contributed by atoms with Crippen LogP contribution in [0.2, 0.25) is 5.02 Å². The smallest absolute Gasteiger partial charge is 0.140 e. The van der Waals surface area contributed by atoms with Crippen molar-refractivity contribution in [1.82, 2.24) is 10.2 Å². The summed E-state index contributed by atoms with van der Waals surface area (Å²) in [5, 5.41) is 6.35. The van der Waals surface area contributed by atoms with Crippen LogP contribution in [0.3, 0.4) is 0 Å². The number of para-hydroxylation sites is 1. The van der Waals surface area contributed by atoms with Crippen molar-refractivity contribution in [3.63, 3.8) is 0 Å². The van der Waals surface area contributed by atoms with Crippen LogP contribution in [0.1, 0.15) is 5.56 Å². The molecule has 3 aromatic rings. The summed E-state index contributed by atoms with van der Waals surface area (Å²) in [6.07, 6.45) is 0. The molecular weight excluding hydrogens is 358 g/mol. The highest BCUT2D eigenvalue weighted by molar-refractivity contribution is 6.33. The average Bonchev–Trinajstić information content (AvgIpc) is 2.73. The Morgan fingerprint density at radius 1 is 1.00 bits per heavy atom. The number of amidine groups is 1. The molecular formula is C22H22ClN3O. The van der Waals surface area contributed by atoms with Crippen molar-refractivity contribution in [2.24, 2.45) is 4.99 Å². The maximum absolute atomic E-state index is 6.39. The lowest BCUT2D eigenvalue weighted by molar-refractivity contribution is 0.355. The maximum atomic E-state index is 6.39. The van der Waals surface area contributed by atoms with E-state index in [1.807, 2.05) is 36.4 Å². The molecule has 4 rings (SSSR count). The number of rotatable bonds is 3. The third kappa shape index (κ3) is 3.77. The lowest BCUT2D eigenvalue weighted by atomic mass is 10.0. The van der Waals surface area contributed by atoms with E-state index < -0.39 is 0 Å². The predicted octanol–water partition coefficient (Wildman–Crippen LogP) is 4.49. The number of ether oxygens (including phenoxy) is 1. The summed E-state index contributed by atoms with van der Waals surface area (Å²) >= 11 is 6.39. The summed E-state index contributed by atoms with van der Waals surface area (Å²) in [5.41, 5.74) is 1.75. The van der Waals surface area contributed by atoms with Crippen LogP contribution < -0.4 is 10.1 Å². The SMILES string of the molecule is COc1cc2ccccc2cc1C(=Nc1ccccc1Cl)N1CCNCC1. The van der Waals surface area contributed by atoms with Crippen LogP contribution in [0.4, 0.5) is 5.69 Å². The molecule has 1 aliphatic heterocycles. The molecule has 4 nitrogen and oxygen atoms in total. The Hall–Kier alpha value is -2.56. The second kappa shape index (κ2) is 7.99. The van der Waals surface area contributed by atoms with E-state index in [4.69, 9.17) is 21.3 Å². The van der Waals surface area contributed by atoms with Gasteiger partial charge in [0.05, 0.1) is 23.4 Å². The number of piperazine rings is 1. The van der Waals surface area contributed by atoms with Gasteiger partial charge in [-0.15, -0.1) is 0 Å². The van der Waals surface area contributed by atoms with Crippen molar-refractivity contribution in [3.05, 3.63) is 71.2 Å². The molecule has 27 heavy (non-hydrogen) atoms. The van der Waals surface area contributed by atoms with Crippen LogP contribution in [0.5, 0.6) is 5.75 Å². The second-order valence-corrected chi connectivity index (χ2v) is 6.93. The number of fused-ring (bicyclic) bond motifs is 1. The van der Waals surface area contributed by atoms with Gasteiger partial charge in [0.2, 0.25) is 0 Å². The van der Waals surface area contributed by atoms with Gasteiger partial charge in [-0.05, 0) is 35.0 Å². The van der Waals surface area contributed by atoms with Crippen LogP contribution in [0, 0.1) is 0 Å². The molecule has 138 valence electrons. The quantitative estimate of drug-likeness (QED) is 0.538. The van der Waals surface area contributed by atoms with Gasteiger partial charge in [-0.3, -0.25) is 0 Å². The van der Waals surface area contributed by atoms with E-state index in [2.05, 4.69) is 34.5 Å². The molecule has 5 heteroatoms. The van der Waals surface area contributed by atoms with E-state index in [-0.39, 0.29) is 0 Å². The van der Waals surface area contributed by atoms with E-state index in [9.17, 15) is 0 Å². The minimum Gasteiger partial charge on any atom is -0.496 e. The zero-order chi connectivity index (χ0) is 18.6. The van der Waals surface area contributed by atoms with E-state index in [0.717, 1.165) is 59.8 Å². The Morgan fingerprint density at radius 3 is 2.37 bits per heavy atom. The Balaban J connectivity index is 1.90. The van der Waals surface area contributed by atoms with Crippen molar-refractivity contribution in [2.45, 2.75) is 0 Å². The summed E-state index contributed by atoms with van der Waals surface area (Å²) in [6.45, 7) is 3.63. The summed E-state index contributed by atoms with van der Waals surface area (Å²) in [6, 6.07) is 20.2. The summed E-state index contributed by atoms with van der Waals surface area (Å²) in [5.74, 6) is 1.71. The van der Waals surface area contributed by atoms with Crippen LogP contribution >= 0.6 is 11.6 Å². The lowest BCUT2D eigenvalue weighted by Gasteiger charge is -2.31. The topological polar surface area (TPSA) is 36.9 Å². The highest BCUT2D eigenvalue weighted by atomic mass is 35.5. The Kier molecular flexibility index (Phi) is 5.28. The Bertz CT molecular complexity index is 980. The number of nitrogens with one attached hydrogen (secondary N) is 1. The molecule has 1 saturated heterocycles. The van der Waals surface area contributed by atoms with Crippen LogP contribution in [0.25, 0.3) is 10.8 Å². The third-order valence-corrected chi connectivity index (χ3v) is 5.12. The molecule has 3 aromatic carbocycles. The van der Waals surface area contributed by atoms with Crippen LogP contribution in [0.15, 0.2) is 65.7 Å². The van der Waals surface area contributed by atoms with Gasteiger partial charge in [0.1, 0.15) is 11.6 Å². The number of halogens is 1. The number of hydrogen-bond donors (Lipinski definition) is 1. The monoisotopic (exact) mass is 379 g/mol. The number of aliphatic imine (C=N–C) groups is 1. The largest absolute Gasteiger partial charge is 0.496 e. The molecule has 0 aliphatic carbocycles. The highest BCUT2D eigenvalue weighted by Gasteiger charge is 2.21. The molecule has 1 heterocycles. The molecule has 1 fully saturated rings. The average molecular weight is 380 g/mol. The van der Waals surface area contributed by atoms with Gasteiger partial charge in [0.15, 0.2) is 0 Å². The lowest BCUT2D eigenvalue weighted by Crippen LogP contribution is -2.46. The number of hydrogen-bond acceptors (Lipinski definition) is 3. The summed E-state index contributed by atoms with van der Waals surface area (Å²) < 4.78 is 5.74. The van der Waals surface area contributed by atoms with Crippen molar-refractivity contribution < 1.29 is 4.74 Å². The molecule has 0 radical (unpaired) electrons. The van der Waals surface area contributed by atoms with Gasteiger partial charge in [-0.1, -0.05) is 48.0 Å². The molecule has 0 atom stereocenters. The second-order valence-electron chi connectivity index (χ2n) is 6.52. The highest BCUT2D eigenvalue weighted by Crippen LogP contribution is 2.31. The van der Waals surface area contributed by atoms with Gasteiger partial charge in [-0.25, -0.2) is 4.99 Å². The minimum absolute atomic E-state index is 0.643. The fourth-order valence-corrected chi connectivity index (χ4v) is 3.58. The van der Waals surface area contributed by atoms with Gasteiger partial charge >= 0.3 is 0 Å². The zero-order valence-corrected chi connectivity index (χ0v) is 16.0. The van der Waals surface area contributed by atoms with E-state index in [0.29, 0.717) is 5.02 Å². The van der Waals surface area contributed by atoms with Crippen molar-refractivity contribution >= 4 is 33.9 Å². The predicted molar refractivity (Wildman–Crippen MR) is 113 cm³/mol. The fourth-order valence-electron chi connectivity index (χ4n) is 3.40. The van der Waals surface area contributed by atoms with Crippen LogP contribution in [-0.2, 0) is 0 Å². The van der Waals surface area contributed by atoms with Gasteiger partial charge < -0.3 is 15.0 Å². The number of methoxy groups -OCH3 is 1. The minimum atomic E-state index is 0.643. The Morgan fingerprint density at radius 2 is 1.67 bits per heavy atom. The van der Waals surface area contributed by atoms with Crippen LogP contribution in [-0.4, -0.2) is 44.0 Å². The first-order valence-corrected chi connectivity index (χ1v) is 9.50. The number of nitrogens with zero attached hydrogens (tertiary/aromatic N) is 2. The van der Waals surface area contributed by atoms with E-state index in [1.54, 1.807) is 7.11 Å². The van der Waals surface area contributed by atoms with Crippen molar-refractivity contribution in [1.29, 1.82) is 0 Å². The zero-order valence-electron chi connectivity index (χ0n) is 15.3. The third-order valence-electron chi connectivity index (χ3n) is 4.80. The van der Waals surface area contributed by atoms with Gasteiger partial charge in [0, 0.05) is 26.2 Å². The summed E-state index contributed by atoms with van der Waals surface area (Å²) in [4.78, 5) is 7.27. The first-order chi connectivity index (χ1) is 13.3. The Labute approximate surface area is 164 Å². The fraction of sp³-hybridized carbons (Fsp3) is 0.227. The number of benzene rings is 3. The molecule has 0 spiro atoms. The molecule has 1 aliphatic rings. The molecule has 0 bridgehead atoms. The van der Waals surface area contributed by atoms with E-state index in [1.165, 1.54) is 0 Å². The summed E-state index contributed by atoms with van der Waals surface area (Å²) in [7, 11) is 1.71. The first kappa shape index (κ1) is 17.8. The van der Waals surface area contributed by atoms with Gasteiger partial charge in [-0.2, -0.15) is 0 Å². The molecule has 0 aromatic heterocycles. The first-order valence-electron chi connectivity index (χ1n) is 9.12. The molecule has 0 saturated carbocycles. The normalized spacial score (nSPS) is 15.2. The maximum Gasteiger partial charge on any atom is 0.140 e. The van der Waals surface area contributed by atoms with Gasteiger partial charge in [0.25, 0.3) is 0 Å². The molecule has 0 unspecified atom stereocenters.